The number of hydrogen-bond acceptors (Lipinski definition) is 0. The summed E-state index contributed by atoms with van der Waals surface area (Å²) in [5.41, 5.74) is 16.4. The molecule has 0 amide bonds. The molecular formula is C37H38Si2. The third-order valence-electron chi connectivity index (χ3n) is 4.32. The van der Waals surface area contributed by atoms with E-state index in [0.717, 1.165) is 16.7 Å². The van der Waals surface area contributed by atoms with Gasteiger partial charge in [-0.05, 0) is 83.4 Å². The third-order valence-corrected chi connectivity index (χ3v) is 7.44. The highest BCUT2D eigenvalue weighted by atomic mass is 28.3. The average Bonchev–Trinajstić information content (AvgIpc) is 2.93. The van der Waals surface area contributed by atoms with Crippen LogP contribution in [-0.4, -0.2) is 16.1 Å². The Bertz CT molecular complexity index is 1370. The average molecular weight is 539 g/mol. The van der Waals surface area contributed by atoms with E-state index in [0.29, 0.717) is 0 Å². The van der Waals surface area contributed by atoms with Crippen LogP contribution in [0, 0.1) is 70.5 Å². The van der Waals surface area contributed by atoms with Crippen LogP contribution in [0.2, 0.25) is 26.2 Å². The smallest absolute Gasteiger partial charge is 0.120 e. The van der Waals surface area contributed by atoms with Crippen molar-refractivity contribution in [2.45, 2.75) is 47.0 Å². The Balaban J connectivity index is 0.000000635. The summed E-state index contributed by atoms with van der Waals surface area (Å²) < 4.78 is 0. The molecule has 39 heavy (non-hydrogen) atoms. The van der Waals surface area contributed by atoms with Crippen molar-refractivity contribution in [3.05, 3.63) is 108 Å². The van der Waals surface area contributed by atoms with Crippen molar-refractivity contribution in [3.63, 3.8) is 0 Å². The fourth-order valence-corrected chi connectivity index (χ4v) is 4.75. The van der Waals surface area contributed by atoms with Crippen molar-refractivity contribution in [2.75, 3.05) is 0 Å². The van der Waals surface area contributed by atoms with Gasteiger partial charge in [-0.2, -0.15) is 0 Å². The van der Waals surface area contributed by atoms with Gasteiger partial charge in [-0.15, -0.1) is 52.8 Å². The summed E-state index contributed by atoms with van der Waals surface area (Å²) in [6.45, 7) is 13.9. The summed E-state index contributed by atoms with van der Waals surface area (Å²) in [6, 6.07) is 30.2. The molecule has 3 aromatic carbocycles. The van der Waals surface area contributed by atoms with Gasteiger partial charge in [0, 0.05) is 16.7 Å². The van der Waals surface area contributed by atoms with E-state index in [2.05, 4.69) is 96.7 Å². The van der Waals surface area contributed by atoms with Crippen molar-refractivity contribution in [1.82, 2.24) is 0 Å². The van der Waals surface area contributed by atoms with Crippen LogP contribution in [0.1, 0.15) is 37.5 Å². The van der Waals surface area contributed by atoms with Crippen molar-refractivity contribution < 1.29 is 0 Å². The first-order valence-corrected chi connectivity index (χ1v) is 18.6. The molecule has 0 radical (unpaired) electrons. The van der Waals surface area contributed by atoms with Crippen LogP contribution in [0.5, 0.6) is 0 Å². The van der Waals surface area contributed by atoms with Crippen LogP contribution in [0.4, 0.5) is 0 Å². The first-order valence-electron chi connectivity index (χ1n) is 12.6. The zero-order valence-corrected chi connectivity index (χ0v) is 26.3. The van der Waals surface area contributed by atoms with Gasteiger partial charge in [-0.1, -0.05) is 72.4 Å². The Hall–Kier alpha value is -4.55. The lowest BCUT2D eigenvalue weighted by atomic mass is 10.2. The Morgan fingerprint density at radius 1 is 0.436 bits per heavy atom. The number of terminal acetylenes is 2. The van der Waals surface area contributed by atoms with E-state index < -0.39 is 16.1 Å². The van der Waals surface area contributed by atoms with E-state index in [4.69, 9.17) is 0 Å². The van der Waals surface area contributed by atoms with E-state index in [9.17, 15) is 0 Å². The molecule has 3 rings (SSSR count). The van der Waals surface area contributed by atoms with Crippen LogP contribution in [-0.2, 0) is 0 Å². The molecule has 0 unspecified atom stereocenters. The summed E-state index contributed by atoms with van der Waals surface area (Å²) >= 11 is 0. The molecular weight excluding hydrogens is 501 g/mol. The molecule has 0 spiro atoms. The molecule has 2 heteroatoms. The Kier molecular flexibility index (Phi) is 18.1. The second kappa shape index (κ2) is 20.5. The zero-order valence-electron chi connectivity index (χ0n) is 24.3. The van der Waals surface area contributed by atoms with Crippen molar-refractivity contribution in [3.8, 4) is 70.5 Å². The van der Waals surface area contributed by atoms with Gasteiger partial charge in [0.25, 0.3) is 0 Å². The molecule has 0 aliphatic heterocycles. The van der Waals surface area contributed by atoms with E-state index >= 15 is 0 Å². The topological polar surface area (TPSA) is 0 Å². The van der Waals surface area contributed by atoms with Crippen molar-refractivity contribution >= 4 is 16.1 Å². The van der Waals surface area contributed by atoms with E-state index in [1.807, 2.05) is 97.9 Å². The van der Waals surface area contributed by atoms with E-state index in [1.54, 1.807) is 13.8 Å². The maximum atomic E-state index is 4.60. The lowest BCUT2D eigenvalue weighted by molar-refractivity contribution is 1.65. The van der Waals surface area contributed by atoms with Gasteiger partial charge in [0.05, 0.1) is 0 Å². The fourth-order valence-electron chi connectivity index (χ4n) is 2.62. The molecule has 0 aliphatic carbocycles. The molecule has 0 atom stereocenters. The molecule has 0 saturated carbocycles. The maximum Gasteiger partial charge on any atom is 0.211 e. The molecule has 0 aliphatic rings. The number of hydrogen-bond donors (Lipinski definition) is 0. The molecule has 0 fully saturated rings. The monoisotopic (exact) mass is 538 g/mol. The molecule has 0 heterocycles. The third kappa shape index (κ3) is 19.3. The Morgan fingerprint density at radius 2 is 0.667 bits per heavy atom. The highest BCUT2D eigenvalue weighted by Gasteiger charge is 2.14. The van der Waals surface area contributed by atoms with E-state index in [-0.39, 0.29) is 0 Å². The minimum atomic E-state index is -1.79. The van der Waals surface area contributed by atoms with Gasteiger partial charge in [0.15, 0.2) is 0 Å². The summed E-state index contributed by atoms with van der Waals surface area (Å²) in [5.74, 6) is 17.1. The van der Waals surface area contributed by atoms with Crippen LogP contribution in [0.15, 0.2) is 91.0 Å². The quantitative estimate of drug-likeness (QED) is 0.201. The number of benzene rings is 3. The first-order chi connectivity index (χ1) is 18.6. The maximum absolute atomic E-state index is 4.60. The molecule has 194 valence electrons. The number of rotatable bonds is 0. The van der Waals surface area contributed by atoms with Crippen LogP contribution in [0.25, 0.3) is 0 Å². The summed E-state index contributed by atoms with van der Waals surface area (Å²) in [5, 5.41) is 0. The van der Waals surface area contributed by atoms with Gasteiger partial charge < -0.3 is 0 Å². The summed E-state index contributed by atoms with van der Waals surface area (Å²) in [7, 11) is -3.40. The summed E-state index contributed by atoms with van der Waals surface area (Å²) in [6.07, 6.45) is 9.19. The van der Waals surface area contributed by atoms with Gasteiger partial charge in [-0.25, -0.2) is 0 Å². The lowest BCUT2D eigenvalue weighted by Gasteiger charge is -2.03. The second-order valence-electron chi connectivity index (χ2n) is 9.05. The first kappa shape index (κ1) is 34.5. The highest BCUT2D eigenvalue weighted by molar-refractivity contribution is 6.92. The molecule has 0 nitrogen and oxygen atoms in total. The summed E-state index contributed by atoms with van der Waals surface area (Å²) in [4.78, 5) is 0. The standard InChI is InChI=1S/C18H16Si.C13H14Si.2C3H4/c1-19(2,15-13-17-9-5-3-6-10-17)16-14-18-11-7-4-8-12-18;1-4-11-14(2,3)12-10-13-8-6-5-7-9-13;2*1-3-2/h3-12H,1-2H3;5-9H,1-3H3;2*1H,2H3. The minimum Gasteiger partial charge on any atom is -0.120 e. The van der Waals surface area contributed by atoms with E-state index in [1.165, 1.54) is 0 Å². The van der Waals surface area contributed by atoms with Crippen molar-refractivity contribution in [2.24, 2.45) is 0 Å². The van der Waals surface area contributed by atoms with Gasteiger partial charge in [0.1, 0.15) is 0 Å². The van der Waals surface area contributed by atoms with Crippen LogP contribution >= 0.6 is 0 Å². The Morgan fingerprint density at radius 3 is 0.897 bits per heavy atom. The highest BCUT2D eigenvalue weighted by Crippen LogP contribution is 2.03. The predicted octanol–water partition coefficient (Wildman–Crippen LogP) is 8.00. The van der Waals surface area contributed by atoms with Gasteiger partial charge >= 0.3 is 0 Å². The van der Waals surface area contributed by atoms with Gasteiger partial charge in [-0.3, -0.25) is 0 Å². The molecule has 0 N–H and O–H groups in total. The molecule has 3 aromatic rings. The zero-order chi connectivity index (χ0) is 29.4. The largest absolute Gasteiger partial charge is 0.211 e. The van der Waals surface area contributed by atoms with Gasteiger partial charge in [0.2, 0.25) is 16.1 Å². The molecule has 0 aromatic heterocycles. The Labute approximate surface area is 240 Å². The van der Waals surface area contributed by atoms with Crippen LogP contribution in [0.3, 0.4) is 0 Å². The molecule has 0 saturated heterocycles. The normalized spacial score (nSPS) is 8.54. The predicted molar refractivity (Wildman–Crippen MR) is 177 cm³/mol. The second-order valence-corrected chi connectivity index (χ2v) is 16.6. The minimum absolute atomic E-state index is 1.06. The molecule has 0 bridgehead atoms. The lowest BCUT2D eigenvalue weighted by Crippen LogP contribution is -2.21. The SMILES string of the molecule is C#CC.C#CC.CC#C[Si](C)(C)C#Cc1ccccc1.C[Si](C)(C#Cc1ccccc1)C#Cc1ccccc1. The van der Waals surface area contributed by atoms with Crippen molar-refractivity contribution in [1.29, 1.82) is 0 Å². The fraction of sp³-hybridized carbons (Fsp3) is 0.189. The van der Waals surface area contributed by atoms with Crippen LogP contribution < -0.4 is 0 Å².